The molecule has 0 aliphatic carbocycles. The van der Waals surface area contributed by atoms with Crippen molar-refractivity contribution in [2.75, 3.05) is 26.1 Å². The predicted octanol–water partition coefficient (Wildman–Crippen LogP) is 3.84. The van der Waals surface area contributed by atoms with Crippen molar-refractivity contribution >= 4 is 21.6 Å². The Balaban J connectivity index is 1.93. The number of nitrogens with one attached hydrogen (secondary N) is 1. The lowest BCUT2D eigenvalue weighted by Crippen LogP contribution is -2.37. The zero-order valence-corrected chi connectivity index (χ0v) is 19.1. The summed E-state index contributed by atoms with van der Waals surface area (Å²) < 4.78 is 38.8. The van der Waals surface area contributed by atoms with Crippen molar-refractivity contribution in [3.63, 3.8) is 0 Å². The number of hydrogen-bond acceptors (Lipinski definition) is 5. The number of benzene rings is 3. The van der Waals surface area contributed by atoms with Crippen LogP contribution in [0, 0.1) is 6.92 Å². The standard InChI is InChI=1S/C24H26N2O5S/c1-18-12-13-22(31-3)23(14-18)32(28,29)26(16-19-8-5-4-6-9-19)17-24(27)25-20-10-7-11-21(15-20)30-2/h4-15H,16-17H2,1-3H3,(H,25,27). The van der Waals surface area contributed by atoms with E-state index in [9.17, 15) is 13.2 Å². The molecule has 0 fully saturated rings. The van der Waals surface area contributed by atoms with Gasteiger partial charge in [-0.1, -0.05) is 42.5 Å². The number of carbonyl (C=O) groups is 1. The van der Waals surface area contributed by atoms with E-state index in [1.165, 1.54) is 14.2 Å². The van der Waals surface area contributed by atoms with Crippen LogP contribution >= 0.6 is 0 Å². The number of aryl methyl sites for hydroxylation is 1. The Bertz CT molecular complexity index is 1180. The second-order valence-electron chi connectivity index (χ2n) is 7.19. The summed E-state index contributed by atoms with van der Waals surface area (Å²) in [5.74, 6) is 0.340. The Morgan fingerprint density at radius 2 is 1.69 bits per heavy atom. The maximum Gasteiger partial charge on any atom is 0.247 e. The van der Waals surface area contributed by atoms with Gasteiger partial charge in [0.2, 0.25) is 15.9 Å². The highest BCUT2D eigenvalue weighted by Gasteiger charge is 2.30. The Hall–Kier alpha value is -3.36. The number of sulfonamides is 1. The fourth-order valence-electron chi connectivity index (χ4n) is 3.20. The lowest BCUT2D eigenvalue weighted by atomic mass is 10.2. The van der Waals surface area contributed by atoms with E-state index in [1.807, 2.05) is 30.3 Å². The van der Waals surface area contributed by atoms with E-state index in [-0.39, 0.29) is 23.7 Å². The topological polar surface area (TPSA) is 84.9 Å². The molecule has 0 aliphatic heterocycles. The molecule has 3 aromatic rings. The Kier molecular flexibility index (Phi) is 7.50. The third-order valence-corrected chi connectivity index (χ3v) is 6.63. The molecule has 168 valence electrons. The Morgan fingerprint density at radius 1 is 0.938 bits per heavy atom. The predicted molar refractivity (Wildman–Crippen MR) is 123 cm³/mol. The smallest absolute Gasteiger partial charge is 0.247 e. The second-order valence-corrected chi connectivity index (χ2v) is 9.10. The van der Waals surface area contributed by atoms with Gasteiger partial charge in [-0.05, 0) is 42.3 Å². The molecule has 0 saturated carbocycles. The van der Waals surface area contributed by atoms with Gasteiger partial charge in [-0.3, -0.25) is 4.79 Å². The summed E-state index contributed by atoms with van der Waals surface area (Å²) in [6.45, 7) is 1.47. The monoisotopic (exact) mass is 454 g/mol. The van der Waals surface area contributed by atoms with Crippen LogP contribution in [0.15, 0.2) is 77.7 Å². The normalized spacial score (nSPS) is 11.2. The van der Waals surface area contributed by atoms with Gasteiger partial charge in [-0.2, -0.15) is 4.31 Å². The van der Waals surface area contributed by atoms with Gasteiger partial charge in [0.1, 0.15) is 16.4 Å². The third-order valence-electron chi connectivity index (χ3n) is 4.81. The number of anilines is 1. The summed E-state index contributed by atoms with van der Waals surface area (Å²) in [4.78, 5) is 12.8. The molecule has 3 rings (SSSR count). The minimum Gasteiger partial charge on any atom is -0.497 e. The summed E-state index contributed by atoms with van der Waals surface area (Å²) in [6, 6.07) is 20.9. The highest BCUT2D eigenvalue weighted by atomic mass is 32.2. The van der Waals surface area contributed by atoms with Crippen molar-refractivity contribution < 1.29 is 22.7 Å². The summed E-state index contributed by atoms with van der Waals surface area (Å²) in [7, 11) is -1.09. The summed E-state index contributed by atoms with van der Waals surface area (Å²) in [5, 5.41) is 2.74. The molecule has 0 saturated heterocycles. The molecule has 7 nitrogen and oxygen atoms in total. The van der Waals surface area contributed by atoms with Gasteiger partial charge < -0.3 is 14.8 Å². The van der Waals surface area contributed by atoms with Crippen molar-refractivity contribution in [1.82, 2.24) is 4.31 Å². The minimum atomic E-state index is -4.04. The average molecular weight is 455 g/mol. The number of rotatable bonds is 9. The van der Waals surface area contributed by atoms with Crippen molar-refractivity contribution in [2.24, 2.45) is 0 Å². The SMILES string of the molecule is COc1cccc(NC(=O)CN(Cc2ccccc2)S(=O)(=O)c2cc(C)ccc2OC)c1. The molecule has 0 atom stereocenters. The third kappa shape index (κ3) is 5.66. The maximum atomic E-state index is 13.6. The summed E-state index contributed by atoms with van der Waals surface area (Å²) >= 11 is 0. The number of methoxy groups -OCH3 is 2. The fraction of sp³-hybridized carbons (Fsp3) is 0.208. The molecule has 0 aromatic heterocycles. The van der Waals surface area contributed by atoms with Gasteiger partial charge in [0.25, 0.3) is 0 Å². The number of amides is 1. The van der Waals surface area contributed by atoms with E-state index in [2.05, 4.69) is 5.32 Å². The molecule has 3 aromatic carbocycles. The number of carbonyl (C=O) groups excluding carboxylic acids is 1. The molecule has 0 aliphatic rings. The van der Waals surface area contributed by atoms with Crippen LogP contribution in [0.5, 0.6) is 11.5 Å². The van der Waals surface area contributed by atoms with E-state index < -0.39 is 15.9 Å². The Morgan fingerprint density at radius 3 is 2.38 bits per heavy atom. The maximum absolute atomic E-state index is 13.6. The molecule has 1 N–H and O–H groups in total. The van der Waals surface area contributed by atoms with Crippen LogP contribution in [0.2, 0.25) is 0 Å². The molecule has 0 heterocycles. The quantitative estimate of drug-likeness (QED) is 0.531. The zero-order valence-electron chi connectivity index (χ0n) is 18.2. The Labute approximate surface area is 188 Å². The first-order valence-corrected chi connectivity index (χ1v) is 11.4. The van der Waals surface area contributed by atoms with Gasteiger partial charge >= 0.3 is 0 Å². The van der Waals surface area contributed by atoms with Gasteiger partial charge in [0.15, 0.2) is 0 Å². The highest BCUT2D eigenvalue weighted by Crippen LogP contribution is 2.29. The van der Waals surface area contributed by atoms with Crippen LogP contribution in [-0.4, -0.2) is 39.4 Å². The van der Waals surface area contributed by atoms with Crippen LogP contribution in [0.25, 0.3) is 0 Å². The number of nitrogens with zero attached hydrogens (tertiary/aromatic N) is 1. The van der Waals surface area contributed by atoms with Crippen molar-refractivity contribution in [2.45, 2.75) is 18.4 Å². The van der Waals surface area contributed by atoms with E-state index >= 15 is 0 Å². The number of hydrogen-bond donors (Lipinski definition) is 1. The molecule has 0 spiro atoms. The van der Waals surface area contributed by atoms with Crippen LogP contribution in [0.4, 0.5) is 5.69 Å². The molecule has 1 amide bonds. The van der Waals surface area contributed by atoms with Crippen molar-refractivity contribution in [1.29, 1.82) is 0 Å². The molecule has 8 heteroatoms. The molecule has 0 unspecified atom stereocenters. The average Bonchev–Trinajstić information content (AvgIpc) is 2.79. The van der Waals surface area contributed by atoms with Crippen LogP contribution in [-0.2, 0) is 21.4 Å². The van der Waals surface area contributed by atoms with Gasteiger partial charge in [0, 0.05) is 18.3 Å². The van der Waals surface area contributed by atoms with Crippen LogP contribution in [0.3, 0.4) is 0 Å². The fourth-order valence-corrected chi connectivity index (χ4v) is 4.82. The highest BCUT2D eigenvalue weighted by molar-refractivity contribution is 7.89. The van der Waals surface area contributed by atoms with E-state index in [0.717, 1.165) is 15.4 Å². The molecular formula is C24H26N2O5S. The second kappa shape index (κ2) is 10.3. The first kappa shape index (κ1) is 23.3. The van der Waals surface area contributed by atoms with Gasteiger partial charge in [0.05, 0.1) is 20.8 Å². The van der Waals surface area contributed by atoms with E-state index in [0.29, 0.717) is 11.4 Å². The first-order chi connectivity index (χ1) is 15.3. The number of ether oxygens (including phenoxy) is 2. The largest absolute Gasteiger partial charge is 0.497 e. The zero-order chi connectivity index (χ0) is 23.1. The van der Waals surface area contributed by atoms with Gasteiger partial charge in [-0.15, -0.1) is 0 Å². The van der Waals surface area contributed by atoms with Crippen molar-refractivity contribution in [3.8, 4) is 11.5 Å². The molecule has 32 heavy (non-hydrogen) atoms. The molecule has 0 radical (unpaired) electrons. The molecular weight excluding hydrogens is 428 g/mol. The minimum absolute atomic E-state index is 0.0186. The lowest BCUT2D eigenvalue weighted by Gasteiger charge is -2.23. The molecule has 0 bridgehead atoms. The van der Waals surface area contributed by atoms with E-state index in [4.69, 9.17) is 9.47 Å². The lowest BCUT2D eigenvalue weighted by molar-refractivity contribution is -0.116. The summed E-state index contributed by atoms with van der Waals surface area (Å²) in [6.07, 6.45) is 0. The van der Waals surface area contributed by atoms with Crippen molar-refractivity contribution in [3.05, 3.63) is 83.9 Å². The first-order valence-electron chi connectivity index (χ1n) is 9.96. The van der Waals surface area contributed by atoms with Gasteiger partial charge in [-0.25, -0.2) is 8.42 Å². The van der Waals surface area contributed by atoms with E-state index in [1.54, 1.807) is 49.4 Å². The summed E-state index contributed by atoms with van der Waals surface area (Å²) in [5.41, 5.74) is 2.04. The van der Waals surface area contributed by atoms with Crippen LogP contribution < -0.4 is 14.8 Å². The van der Waals surface area contributed by atoms with Crippen LogP contribution in [0.1, 0.15) is 11.1 Å².